The number of hydrogen-bond acceptors (Lipinski definition) is 6. The van der Waals surface area contributed by atoms with Crippen LogP contribution in [0.4, 0.5) is 0 Å². The van der Waals surface area contributed by atoms with Gasteiger partial charge in [0.2, 0.25) is 0 Å². The van der Waals surface area contributed by atoms with E-state index in [1.54, 1.807) is 4.90 Å². The Morgan fingerprint density at radius 3 is 2.83 bits per heavy atom. The number of aryl methyl sites for hydroxylation is 1. The number of ether oxygens (including phenoxy) is 2. The number of aromatic nitrogens is 2. The number of methoxy groups -OCH3 is 1. The van der Waals surface area contributed by atoms with Crippen molar-refractivity contribution in [2.24, 2.45) is 0 Å². The van der Waals surface area contributed by atoms with Crippen LogP contribution in [-0.2, 0) is 14.3 Å². The first-order valence-electron chi connectivity index (χ1n) is 10.1. The van der Waals surface area contributed by atoms with Gasteiger partial charge in [0.1, 0.15) is 4.83 Å². The van der Waals surface area contributed by atoms with Gasteiger partial charge in [0.15, 0.2) is 0 Å². The number of fused-ring (bicyclic) bond motifs is 1. The Labute approximate surface area is 179 Å². The highest BCUT2D eigenvalue weighted by Crippen LogP contribution is 2.31. The monoisotopic (exact) mass is 427 g/mol. The van der Waals surface area contributed by atoms with Gasteiger partial charge in [-0.3, -0.25) is 9.59 Å². The standard InChI is InChI=1S/C22H25N3O4S/c1-15-18-13-19(30-22(18)25(23-15)16-7-4-3-5-8-16)21(27)24(11-10-20(26)28-2)14-17-9-6-12-29-17/h3-5,7-8,13,17H,6,9-12,14H2,1-2H3. The Kier molecular flexibility index (Phi) is 6.15. The van der Waals surface area contributed by atoms with Crippen LogP contribution in [0.15, 0.2) is 36.4 Å². The highest BCUT2D eigenvalue weighted by atomic mass is 32.1. The number of hydrogen-bond donors (Lipinski definition) is 0. The van der Waals surface area contributed by atoms with Crippen LogP contribution < -0.4 is 0 Å². The molecule has 1 aliphatic heterocycles. The van der Waals surface area contributed by atoms with Gasteiger partial charge in [-0.1, -0.05) is 18.2 Å². The van der Waals surface area contributed by atoms with Gasteiger partial charge in [0.05, 0.1) is 35.9 Å². The van der Waals surface area contributed by atoms with Crippen LogP contribution in [0.3, 0.4) is 0 Å². The molecule has 8 heteroatoms. The minimum Gasteiger partial charge on any atom is -0.469 e. The van der Waals surface area contributed by atoms with Gasteiger partial charge < -0.3 is 14.4 Å². The number of rotatable bonds is 7. The Morgan fingerprint density at radius 2 is 2.13 bits per heavy atom. The summed E-state index contributed by atoms with van der Waals surface area (Å²) in [6, 6.07) is 11.8. The van der Waals surface area contributed by atoms with E-state index < -0.39 is 0 Å². The molecule has 3 aromatic rings. The Morgan fingerprint density at radius 1 is 1.33 bits per heavy atom. The summed E-state index contributed by atoms with van der Waals surface area (Å²) in [5, 5.41) is 5.61. The molecule has 1 unspecified atom stereocenters. The summed E-state index contributed by atoms with van der Waals surface area (Å²) in [5.74, 6) is -0.415. The van der Waals surface area contributed by atoms with Gasteiger partial charge >= 0.3 is 5.97 Å². The lowest BCUT2D eigenvalue weighted by Crippen LogP contribution is -2.38. The molecular formula is C22H25N3O4S. The van der Waals surface area contributed by atoms with Crippen LogP contribution in [0.1, 0.15) is 34.6 Å². The fourth-order valence-electron chi connectivity index (χ4n) is 3.69. The normalized spacial score (nSPS) is 16.1. The van der Waals surface area contributed by atoms with E-state index >= 15 is 0 Å². The average molecular weight is 428 g/mol. The predicted molar refractivity (Wildman–Crippen MR) is 115 cm³/mol. The minimum absolute atomic E-state index is 0.0162. The van der Waals surface area contributed by atoms with Crippen LogP contribution in [0.5, 0.6) is 0 Å². The van der Waals surface area contributed by atoms with Gasteiger partial charge in [-0.05, 0) is 38.0 Å². The molecule has 0 N–H and O–H groups in total. The van der Waals surface area contributed by atoms with Crippen molar-refractivity contribution < 1.29 is 19.1 Å². The SMILES string of the molecule is COC(=O)CCN(CC1CCCO1)C(=O)c1cc2c(C)nn(-c3ccccc3)c2s1. The van der Waals surface area contributed by atoms with Crippen molar-refractivity contribution in [3.63, 3.8) is 0 Å². The molecule has 3 heterocycles. The molecular weight excluding hydrogens is 402 g/mol. The minimum atomic E-state index is -0.327. The maximum atomic E-state index is 13.4. The van der Waals surface area contributed by atoms with E-state index in [2.05, 4.69) is 5.10 Å². The second-order valence-corrected chi connectivity index (χ2v) is 8.41. The lowest BCUT2D eigenvalue weighted by Gasteiger charge is -2.24. The van der Waals surface area contributed by atoms with E-state index in [9.17, 15) is 9.59 Å². The van der Waals surface area contributed by atoms with Gasteiger partial charge in [0, 0.05) is 25.1 Å². The number of carbonyl (C=O) groups excluding carboxylic acids is 2. The van der Waals surface area contributed by atoms with E-state index in [4.69, 9.17) is 9.47 Å². The van der Waals surface area contributed by atoms with Crippen molar-refractivity contribution in [3.05, 3.63) is 47.0 Å². The number of amides is 1. The summed E-state index contributed by atoms with van der Waals surface area (Å²) in [6.07, 6.45) is 2.11. The molecule has 4 rings (SSSR count). The van der Waals surface area contributed by atoms with Crippen molar-refractivity contribution >= 4 is 33.4 Å². The van der Waals surface area contributed by atoms with Crippen molar-refractivity contribution in [1.29, 1.82) is 0 Å². The molecule has 1 amide bonds. The van der Waals surface area contributed by atoms with Crippen LogP contribution in [-0.4, -0.2) is 59.5 Å². The maximum Gasteiger partial charge on any atom is 0.307 e. The van der Waals surface area contributed by atoms with Crippen molar-refractivity contribution in [2.45, 2.75) is 32.3 Å². The predicted octanol–water partition coefficient (Wildman–Crippen LogP) is 3.58. The Hall–Kier alpha value is -2.71. The van der Waals surface area contributed by atoms with Crippen molar-refractivity contribution in [3.8, 4) is 5.69 Å². The zero-order chi connectivity index (χ0) is 21.1. The van der Waals surface area contributed by atoms with Gasteiger partial charge in [-0.2, -0.15) is 5.10 Å². The molecule has 0 aliphatic carbocycles. The van der Waals surface area contributed by atoms with E-state index in [-0.39, 0.29) is 24.4 Å². The number of para-hydroxylation sites is 1. The number of carbonyl (C=O) groups is 2. The molecule has 0 radical (unpaired) electrons. The van der Waals surface area contributed by atoms with E-state index in [0.29, 0.717) is 18.0 Å². The molecule has 0 saturated carbocycles. The molecule has 0 spiro atoms. The second kappa shape index (κ2) is 8.97. The van der Waals surface area contributed by atoms with E-state index in [1.165, 1.54) is 18.4 Å². The summed E-state index contributed by atoms with van der Waals surface area (Å²) in [7, 11) is 1.36. The summed E-state index contributed by atoms with van der Waals surface area (Å²) in [6.45, 7) is 3.46. The smallest absolute Gasteiger partial charge is 0.307 e. The first-order valence-corrected chi connectivity index (χ1v) is 10.9. The van der Waals surface area contributed by atoms with Gasteiger partial charge in [0.25, 0.3) is 5.91 Å². The number of benzene rings is 1. The quantitative estimate of drug-likeness (QED) is 0.539. The zero-order valence-corrected chi connectivity index (χ0v) is 18.0. The largest absolute Gasteiger partial charge is 0.469 e. The third-order valence-corrected chi connectivity index (χ3v) is 6.40. The zero-order valence-electron chi connectivity index (χ0n) is 17.2. The summed E-state index contributed by atoms with van der Waals surface area (Å²) >= 11 is 1.43. The molecule has 158 valence electrons. The molecule has 1 atom stereocenters. The third kappa shape index (κ3) is 4.24. The van der Waals surface area contributed by atoms with Crippen LogP contribution in [0.2, 0.25) is 0 Å². The lowest BCUT2D eigenvalue weighted by atomic mass is 10.2. The Balaban J connectivity index is 1.62. The molecule has 1 fully saturated rings. The fraction of sp³-hybridized carbons (Fsp3) is 0.409. The van der Waals surface area contributed by atoms with Crippen molar-refractivity contribution in [2.75, 3.05) is 26.8 Å². The summed E-state index contributed by atoms with van der Waals surface area (Å²) in [4.78, 5) is 28.3. The number of thiophene rings is 1. The third-order valence-electron chi connectivity index (χ3n) is 5.30. The summed E-state index contributed by atoms with van der Waals surface area (Å²) < 4.78 is 12.4. The van der Waals surface area contributed by atoms with Gasteiger partial charge in [-0.25, -0.2) is 4.68 Å². The molecule has 30 heavy (non-hydrogen) atoms. The molecule has 1 aliphatic rings. The Bertz CT molecular complexity index is 1040. The van der Waals surface area contributed by atoms with Crippen LogP contribution in [0, 0.1) is 6.92 Å². The molecule has 7 nitrogen and oxygen atoms in total. The first-order chi connectivity index (χ1) is 14.6. The highest BCUT2D eigenvalue weighted by Gasteiger charge is 2.26. The van der Waals surface area contributed by atoms with Crippen LogP contribution >= 0.6 is 11.3 Å². The maximum absolute atomic E-state index is 13.4. The number of esters is 1. The lowest BCUT2D eigenvalue weighted by molar-refractivity contribution is -0.140. The van der Waals surface area contributed by atoms with Gasteiger partial charge in [-0.15, -0.1) is 11.3 Å². The highest BCUT2D eigenvalue weighted by molar-refractivity contribution is 7.20. The first kappa shape index (κ1) is 20.6. The number of nitrogens with zero attached hydrogens (tertiary/aromatic N) is 3. The average Bonchev–Trinajstić information content (AvgIpc) is 3.49. The van der Waals surface area contributed by atoms with Crippen LogP contribution in [0.25, 0.3) is 15.9 Å². The fourth-order valence-corrected chi connectivity index (χ4v) is 4.84. The van der Waals surface area contributed by atoms with E-state index in [0.717, 1.165) is 41.0 Å². The summed E-state index contributed by atoms with van der Waals surface area (Å²) in [5.41, 5.74) is 1.84. The molecule has 1 aromatic carbocycles. The topological polar surface area (TPSA) is 73.7 Å². The van der Waals surface area contributed by atoms with Crippen molar-refractivity contribution in [1.82, 2.24) is 14.7 Å². The van der Waals surface area contributed by atoms with E-state index in [1.807, 2.05) is 48.0 Å². The molecule has 1 saturated heterocycles. The second-order valence-electron chi connectivity index (χ2n) is 7.37. The molecule has 0 bridgehead atoms. The molecule has 2 aromatic heterocycles.